The highest BCUT2D eigenvalue weighted by molar-refractivity contribution is 5.94. The lowest BCUT2D eigenvalue weighted by atomic mass is 9.66. The Balaban J connectivity index is 2.22. The van der Waals surface area contributed by atoms with Crippen LogP contribution in [-0.2, 0) is 33.4 Å². The summed E-state index contributed by atoms with van der Waals surface area (Å²) in [7, 11) is 1.22. The van der Waals surface area contributed by atoms with Crippen molar-refractivity contribution in [2.75, 3.05) is 7.11 Å². The summed E-state index contributed by atoms with van der Waals surface area (Å²) in [6, 6.07) is 0. The van der Waals surface area contributed by atoms with E-state index in [1.54, 1.807) is 6.92 Å². The van der Waals surface area contributed by atoms with E-state index in [2.05, 4.69) is 4.74 Å². The Morgan fingerprint density at radius 3 is 2.21 bits per heavy atom. The smallest absolute Gasteiger partial charge is 0.351 e. The zero-order chi connectivity index (χ0) is 18.3. The summed E-state index contributed by atoms with van der Waals surface area (Å²) < 4.78 is 15.5. The first-order valence-electron chi connectivity index (χ1n) is 8.01. The van der Waals surface area contributed by atoms with Gasteiger partial charge in [0.2, 0.25) is 5.60 Å². The van der Waals surface area contributed by atoms with Crippen LogP contribution in [0.1, 0.15) is 53.4 Å². The molecule has 7 nitrogen and oxygen atoms in total. The van der Waals surface area contributed by atoms with Gasteiger partial charge in [-0.25, -0.2) is 4.79 Å². The first-order chi connectivity index (χ1) is 11.0. The van der Waals surface area contributed by atoms with Gasteiger partial charge in [-0.3, -0.25) is 14.4 Å². The van der Waals surface area contributed by atoms with Crippen LogP contribution in [0.2, 0.25) is 0 Å². The molecule has 2 bridgehead atoms. The van der Waals surface area contributed by atoms with Gasteiger partial charge in [0, 0.05) is 11.8 Å². The summed E-state index contributed by atoms with van der Waals surface area (Å²) >= 11 is 0. The Kier molecular flexibility index (Phi) is 4.50. The molecule has 134 valence electrons. The van der Waals surface area contributed by atoms with Crippen LogP contribution in [0.15, 0.2) is 0 Å². The maximum atomic E-state index is 12.8. The molecule has 0 aromatic heterocycles. The molecule has 1 saturated carbocycles. The largest absolute Gasteiger partial charge is 0.469 e. The molecule has 2 fully saturated rings. The standard InChI is InChI=1S/C17H24O7/c1-10(18)8-11(9-12(19)22-5)23-14(21)17-7-6-16(4,13(20)24-17)15(17,2)3/h11H,6-9H2,1-5H3/t11-,16+,17-/m1/s1. The van der Waals surface area contributed by atoms with E-state index in [0.717, 1.165) is 0 Å². The number of methoxy groups -OCH3 is 1. The average Bonchev–Trinajstić information content (AvgIpc) is 2.76. The van der Waals surface area contributed by atoms with Crippen LogP contribution in [-0.4, -0.2) is 42.5 Å². The minimum Gasteiger partial charge on any atom is -0.469 e. The van der Waals surface area contributed by atoms with E-state index in [0.29, 0.717) is 12.8 Å². The quantitative estimate of drug-likeness (QED) is 0.535. The molecule has 0 radical (unpaired) electrons. The highest BCUT2D eigenvalue weighted by Crippen LogP contribution is 2.65. The van der Waals surface area contributed by atoms with E-state index in [1.807, 2.05) is 13.8 Å². The predicted molar refractivity (Wildman–Crippen MR) is 81.8 cm³/mol. The van der Waals surface area contributed by atoms with Crippen molar-refractivity contribution in [3.8, 4) is 0 Å². The van der Waals surface area contributed by atoms with Gasteiger partial charge in [0.15, 0.2) is 0 Å². The molecule has 7 heteroatoms. The van der Waals surface area contributed by atoms with Crippen molar-refractivity contribution in [3.05, 3.63) is 0 Å². The van der Waals surface area contributed by atoms with Crippen LogP contribution < -0.4 is 0 Å². The molecule has 0 unspecified atom stereocenters. The lowest BCUT2D eigenvalue weighted by molar-refractivity contribution is -0.188. The zero-order valence-corrected chi connectivity index (χ0v) is 14.8. The number of ketones is 1. The van der Waals surface area contributed by atoms with Gasteiger partial charge in [0.25, 0.3) is 0 Å². The maximum absolute atomic E-state index is 12.8. The van der Waals surface area contributed by atoms with E-state index in [-0.39, 0.29) is 18.6 Å². The van der Waals surface area contributed by atoms with Gasteiger partial charge in [-0.05, 0) is 26.7 Å². The maximum Gasteiger partial charge on any atom is 0.351 e. The molecule has 1 aliphatic carbocycles. The van der Waals surface area contributed by atoms with E-state index in [9.17, 15) is 19.2 Å². The second kappa shape index (κ2) is 5.86. The Hall–Kier alpha value is -1.92. The molecule has 0 amide bonds. The van der Waals surface area contributed by atoms with Crippen molar-refractivity contribution < 1.29 is 33.4 Å². The van der Waals surface area contributed by atoms with Crippen LogP contribution in [0.5, 0.6) is 0 Å². The number of hydrogen-bond acceptors (Lipinski definition) is 7. The van der Waals surface area contributed by atoms with Gasteiger partial charge < -0.3 is 14.2 Å². The lowest BCUT2D eigenvalue weighted by Crippen LogP contribution is -2.50. The van der Waals surface area contributed by atoms with Gasteiger partial charge >= 0.3 is 17.9 Å². The summed E-state index contributed by atoms with van der Waals surface area (Å²) in [5, 5.41) is 0. The number of Topliss-reactive ketones (excluding diaryl/α,β-unsaturated/α-hetero) is 1. The monoisotopic (exact) mass is 340 g/mol. The van der Waals surface area contributed by atoms with Crippen molar-refractivity contribution >= 4 is 23.7 Å². The molecule has 0 spiro atoms. The minimum atomic E-state index is -1.37. The summed E-state index contributed by atoms with van der Waals surface area (Å²) in [5.41, 5.74) is -2.85. The highest BCUT2D eigenvalue weighted by Gasteiger charge is 2.76. The number of rotatable bonds is 6. The summed E-state index contributed by atoms with van der Waals surface area (Å²) in [6.07, 6.45) is -0.348. The van der Waals surface area contributed by atoms with E-state index in [1.165, 1.54) is 14.0 Å². The van der Waals surface area contributed by atoms with Crippen LogP contribution in [0.25, 0.3) is 0 Å². The van der Waals surface area contributed by atoms with E-state index >= 15 is 0 Å². The molecule has 0 aromatic rings. The van der Waals surface area contributed by atoms with Crippen LogP contribution in [0.4, 0.5) is 0 Å². The van der Waals surface area contributed by atoms with Crippen LogP contribution in [0.3, 0.4) is 0 Å². The topological polar surface area (TPSA) is 96.0 Å². The minimum absolute atomic E-state index is 0.0947. The lowest BCUT2D eigenvalue weighted by Gasteiger charge is -2.35. The fourth-order valence-corrected chi connectivity index (χ4v) is 3.69. The normalized spacial score (nSPS) is 31.3. The fraction of sp³-hybridized carbons (Fsp3) is 0.765. The van der Waals surface area contributed by atoms with Gasteiger partial charge in [0.1, 0.15) is 11.9 Å². The second-order valence-electron chi connectivity index (χ2n) is 7.39. The van der Waals surface area contributed by atoms with Crippen molar-refractivity contribution in [3.63, 3.8) is 0 Å². The highest BCUT2D eigenvalue weighted by atomic mass is 16.6. The zero-order valence-electron chi connectivity index (χ0n) is 14.8. The van der Waals surface area contributed by atoms with Gasteiger partial charge in [0.05, 0.1) is 18.9 Å². The average molecular weight is 340 g/mol. The number of hydrogen-bond donors (Lipinski definition) is 0. The van der Waals surface area contributed by atoms with E-state index < -0.39 is 40.4 Å². The molecule has 1 saturated heterocycles. The Morgan fingerprint density at radius 1 is 1.17 bits per heavy atom. The van der Waals surface area contributed by atoms with Crippen molar-refractivity contribution in [1.82, 2.24) is 0 Å². The number of ether oxygens (including phenoxy) is 3. The molecule has 1 heterocycles. The van der Waals surface area contributed by atoms with Gasteiger partial charge in [-0.2, -0.15) is 0 Å². The molecule has 3 atom stereocenters. The Bertz CT molecular complexity index is 594. The van der Waals surface area contributed by atoms with Crippen LogP contribution in [0, 0.1) is 10.8 Å². The van der Waals surface area contributed by atoms with E-state index in [4.69, 9.17) is 9.47 Å². The number of carbonyl (C=O) groups excluding carboxylic acids is 4. The van der Waals surface area contributed by atoms with Crippen LogP contribution >= 0.6 is 0 Å². The second-order valence-corrected chi connectivity index (χ2v) is 7.39. The van der Waals surface area contributed by atoms with Crippen molar-refractivity contribution in [2.24, 2.45) is 10.8 Å². The van der Waals surface area contributed by atoms with Gasteiger partial charge in [-0.15, -0.1) is 0 Å². The SMILES string of the molecule is COC(=O)C[C@@H](CC(C)=O)OC(=O)[C@@]12CC[C@@](C)(C(=O)O1)C2(C)C. The van der Waals surface area contributed by atoms with Crippen molar-refractivity contribution in [1.29, 1.82) is 0 Å². The molecule has 1 aliphatic heterocycles. The molecular weight excluding hydrogens is 316 g/mol. The molecule has 24 heavy (non-hydrogen) atoms. The number of fused-ring (bicyclic) bond motifs is 2. The summed E-state index contributed by atoms with van der Waals surface area (Å²) in [6.45, 7) is 6.76. The third-order valence-corrected chi connectivity index (χ3v) is 5.82. The molecule has 2 aliphatic rings. The summed E-state index contributed by atoms with van der Waals surface area (Å²) in [4.78, 5) is 47.9. The van der Waals surface area contributed by atoms with Gasteiger partial charge in [-0.1, -0.05) is 13.8 Å². The fourth-order valence-electron chi connectivity index (χ4n) is 3.69. The number of esters is 3. The Morgan fingerprint density at radius 2 is 1.79 bits per heavy atom. The summed E-state index contributed by atoms with van der Waals surface area (Å²) in [5.74, 6) is -1.90. The first kappa shape index (κ1) is 18.4. The number of carbonyl (C=O) groups is 4. The molecule has 2 rings (SSSR count). The Labute approximate surface area is 141 Å². The molecular formula is C17H24O7. The first-order valence-corrected chi connectivity index (χ1v) is 8.01. The predicted octanol–water partition coefficient (Wildman–Crippen LogP) is 1.56. The third-order valence-electron chi connectivity index (χ3n) is 5.82. The third kappa shape index (κ3) is 2.50. The molecule has 0 N–H and O–H groups in total. The molecule has 0 aromatic carbocycles. The van der Waals surface area contributed by atoms with Crippen molar-refractivity contribution in [2.45, 2.75) is 65.1 Å².